The van der Waals surface area contributed by atoms with Crippen LogP contribution in [0.1, 0.15) is 51.0 Å². The molecule has 1 heterocycles. The lowest BCUT2D eigenvalue weighted by atomic mass is 9.87. The van der Waals surface area contributed by atoms with E-state index < -0.39 is 16.7 Å². The number of allylic oxidation sites excluding steroid dienone is 1. The van der Waals surface area contributed by atoms with E-state index in [0.29, 0.717) is 12.3 Å². The molecule has 0 bridgehead atoms. The van der Waals surface area contributed by atoms with Crippen LogP contribution < -0.4 is 0 Å². The van der Waals surface area contributed by atoms with Crippen LogP contribution in [0, 0.1) is 5.92 Å². The molecule has 2 amide bonds. The molecule has 1 N–H and O–H groups in total. The maximum Gasteiger partial charge on any atom is 0.527 e. The second-order valence-corrected chi connectivity index (χ2v) is 7.63. The van der Waals surface area contributed by atoms with E-state index in [1.165, 1.54) is 32.1 Å². The summed E-state index contributed by atoms with van der Waals surface area (Å²) in [6.07, 6.45) is 7.20. The maximum atomic E-state index is 12.8. The molecule has 1 saturated carbocycles. The van der Waals surface area contributed by atoms with Gasteiger partial charge >= 0.3 is 12.2 Å². The number of quaternary nitrogens is 1. The Morgan fingerprint density at radius 3 is 2.54 bits per heavy atom. The summed E-state index contributed by atoms with van der Waals surface area (Å²) in [4.78, 5) is 24.8. The zero-order valence-corrected chi connectivity index (χ0v) is 15.4. The minimum Gasteiger partial charge on any atom is -0.435 e. The quantitative estimate of drug-likeness (QED) is 0.602. The van der Waals surface area contributed by atoms with Crippen LogP contribution in [0.5, 0.6) is 0 Å². The van der Waals surface area contributed by atoms with Crippen molar-refractivity contribution in [1.29, 1.82) is 0 Å². The van der Waals surface area contributed by atoms with Gasteiger partial charge in [-0.3, -0.25) is 0 Å². The SMILES string of the molecule is C[C@@H]1CC(=CC2CCCCC2)C[N+]1(C(=O)O)C(=O)OCc1ccccc1. The van der Waals surface area contributed by atoms with Crippen LogP contribution in [0.2, 0.25) is 0 Å². The van der Waals surface area contributed by atoms with Crippen molar-refractivity contribution in [3.63, 3.8) is 0 Å². The number of carbonyl (C=O) groups is 2. The first-order chi connectivity index (χ1) is 12.5. The van der Waals surface area contributed by atoms with Gasteiger partial charge in [-0.25, -0.2) is 0 Å². The Kier molecular flexibility index (Phi) is 5.77. The molecule has 1 aromatic rings. The van der Waals surface area contributed by atoms with Crippen LogP contribution in [0.4, 0.5) is 9.59 Å². The van der Waals surface area contributed by atoms with Crippen molar-refractivity contribution in [3.05, 3.63) is 47.5 Å². The van der Waals surface area contributed by atoms with Crippen molar-refractivity contribution in [2.75, 3.05) is 6.54 Å². The molecule has 1 aromatic carbocycles. The first-order valence-electron chi connectivity index (χ1n) is 9.54. The Hall–Kier alpha value is -2.14. The van der Waals surface area contributed by atoms with Gasteiger partial charge < -0.3 is 9.84 Å². The molecule has 0 spiro atoms. The number of hydrogen-bond donors (Lipinski definition) is 1. The fourth-order valence-corrected chi connectivity index (χ4v) is 4.24. The van der Waals surface area contributed by atoms with Crippen molar-refractivity contribution in [2.45, 2.75) is 58.1 Å². The summed E-state index contributed by atoms with van der Waals surface area (Å²) in [6, 6.07) is 9.04. The predicted octanol–water partition coefficient (Wildman–Crippen LogP) is 5.12. The van der Waals surface area contributed by atoms with Gasteiger partial charge in [0.1, 0.15) is 19.2 Å². The van der Waals surface area contributed by atoms with E-state index in [4.69, 9.17) is 4.74 Å². The number of amides is 2. The monoisotopic (exact) mass is 358 g/mol. The molecule has 0 aromatic heterocycles. The number of nitrogens with zero attached hydrogens (tertiary/aromatic N) is 1. The normalized spacial score (nSPS) is 28.2. The van der Waals surface area contributed by atoms with E-state index in [9.17, 15) is 14.7 Å². The molecular formula is C21H28NO4+. The Morgan fingerprint density at radius 1 is 1.19 bits per heavy atom. The number of carbonyl (C=O) groups excluding carboxylic acids is 1. The van der Waals surface area contributed by atoms with Gasteiger partial charge in [0.15, 0.2) is 0 Å². The molecule has 26 heavy (non-hydrogen) atoms. The number of likely N-dealkylation sites (tertiary alicyclic amines) is 1. The summed E-state index contributed by atoms with van der Waals surface area (Å²) in [5.74, 6) is 0.528. The molecule has 2 fully saturated rings. The van der Waals surface area contributed by atoms with E-state index in [1.54, 1.807) is 0 Å². The molecule has 5 heteroatoms. The molecule has 1 aliphatic carbocycles. The fraction of sp³-hybridized carbons (Fsp3) is 0.524. The summed E-state index contributed by atoms with van der Waals surface area (Å²) in [5, 5.41) is 9.87. The maximum absolute atomic E-state index is 12.8. The summed E-state index contributed by atoms with van der Waals surface area (Å²) in [7, 11) is 0. The number of benzene rings is 1. The lowest BCUT2D eigenvalue weighted by Gasteiger charge is -2.27. The molecule has 2 atom stereocenters. The summed E-state index contributed by atoms with van der Waals surface area (Å²) in [5.41, 5.74) is 1.94. The van der Waals surface area contributed by atoms with Gasteiger partial charge in [-0.1, -0.05) is 55.7 Å². The molecule has 1 saturated heterocycles. The van der Waals surface area contributed by atoms with Crippen molar-refractivity contribution in [3.8, 4) is 0 Å². The highest BCUT2D eigenvalue weighted by Crippen LogP contribution is 2.35. The molecule has 3 rings (SSSR count). The van der Waals surface area contributed by atoms with Crippen molar-refractivity contribution < 1.29 is 23.9 Å². The van der Waals surface area contributed by atoms with E-state index >= 15 is 0 Å². The molecule has 0 radical (unpaired) electrons. The summed E-state index contributed by atoms with van der Waals surface area (Å²) in [6.45, 7) is 2.15. The van der Waals surface area contributed by atoms with Crippen LogP contribution in [0.25, 0.3) is 0 Å². The average molecular weight is 358 g/mol. The molecule has 1 unspecified atom stereocenters. The summed E-state index contributed by atoms with van der Waals surface area (Å²) >= 11 is 0. The minimum atomic E-state index is -1.12. The zero-order valence-electron chi connectivity index (χ0n) is 15.4. The Morgan fingerprint density at radius 2 is 1.88 bits per heavy atom. The second-order valence-electron chi connectivity index (χ2n) is 7.63. The lowest BCUT2D eigenvalue weighted by Crippen LogP contribution is -2.58. The van der Waals surface area contributed by atoms with Crippen LogP contribution in [-0.4, -0.2) is 34.4 Å². The summed E-state index contributed by atoms with van der Waals surface area (Å²) < 4.78 is 4.76. The molecule has 1 aliphatic heterocycles. The number of carboxylic acid groups (broad SMARTS) is 1. The Balaban J connectivity index is 1.73. The standard InChI is InChI=1S/C21H27NO4/c1-16-12-19(13-17-8-4-2-5-9-17)14-22(16,20(23)24)21(25)26-15-18-10-6-3-7-11-18/h3,6-7,10-11,13,16-17H,2,4-5,8-9,12,14-15H2,1H3/p+1/t16-,22?/m1/s1. The molecular weight excluding hydrogens is 330 g/mol. The van der Waals surface area contributed by atoms with E-state index in [2.05, 4.69) is 6.08 Å². The largest absolute Gasteiger partial charge is 0.527 e. The van der Waals surface area contributed by atoms with E-state index in [-0.39, 0.29) is 19.2 Å². The molecule has 2 aliphatic rings. The van der Waals surface area contributed by atoms with Crippen LogP contribution in [0.15, 0.2) is 42.0 Å². The molecule has 140 valence electrons. The van der Waals surface area contributed by atoms with Gasteiger partial charge in [0.2, 0.25) is 0 Å². The highest BCUT2D eigenvalue weighted by atomic mass is 16.6. The fourth-order valence-electron chi connectivity index (χ4n) is 4.24. The third kappa shape index (κ3) is 3.83. The number of rotatable bonds is 3. The number of hydrogen-bond acceptors (Lipinski definition) is 3. The Bertz CT molecular complexity index is 679. The molecule has 5 nitrogen and oxygen atoms in total. The first kappa shape index (κ1) is 18.6. The van der Waals surface area contributed by atoms with Gasteiger partial charge in [-0.05, 0) is 36.8 Å². The third-order valence-corrected chi connectivity index (χ3v) is 5.76. The van der Waals surface area contributed by atoms with Gasteiger partial charge in [0.05, 0.1) is 0 Å². The minimum absolute atomic E-state index is 0.0986. The van der Waals surface area contributed by atoms with Crippen LogP contribution in [-0.2, 0) is 11.3 Å². The van der Waals surface area contributed by atoms with E-state index in [1.807, 2.05) is 37.3 Å². The lowest BCUT2D eigenvalue weighted by molar-refractivity contribution is -0.793. The zero-order chi connectivity index (χ0) is 18.6. The van der Waals surface area contributed by atoms with Gasteiger partial charge in [-0.2, -0.15) is 9.59 Å². The predicted molar refractivity (Wildman–Crippen MR) is 98.5 cm³/mol. The van der Waals surface area contributed by atoms with Gasteiger partial charge in [0.25, 0.3) is 0 Å². The Labute approximate surface area is 154 Å². The second kappa shape index (κ2) is 8.04. The first-order valence-corrected chi connectivity index (χ1v) is 9.54. The van der Waals surface area contributed by atoms with Crippen molar-refractivity contribution in [2.24, 2.45) is 5.92 Å². The highest BCUT2D eigenvalue weighted by molar-refractivity contribution is 5.76. The van der Waals surface area contributed by atoms with Gasteiger partial charge in [-0.15, -0.1) is 4.48 Å². The smallest absolute Gasteiger partial charge is 0.435 e. The van der Waals surface area contributed by atoms with Crippen LogP contribution >= 0.6 is 0 Å². The number of ether oxygens (including phenoxy) is 1. The third-order valence-electron chi connectivity index (χ3n) is 5.76. The highest BCUT2D eigenvalue weighted by Gasteiger charge is 2.56. The number of imide groups is 1. The topological polar surface area (TPSA) is 63.6 Å². The van der Waals surface area contributed by atoms with Crippen molar-refractivity contribution >= 4 is 12.2 Å². The average Bonchev–Trinajstić information content (AvgIpc) is 2.98. The van der Waals surface area contributed by atoms with Crippen LogP contribution in [0.3, 0.4) is 0 Å². The van der Waals surface area contributed by atoms with Gasteiger partial charge in [0, 0.05) is 6.42 Å². The van der Waals surface area contributed by atoms with E-state index in [0.717, 1.165) is 11.1 Å². The van der Waals surface area contributed by atoms with Crippen molar-refractivity contribution in [1.82, 2.24) is 0 Å².